The Morgan fingerprint density at radius 1 is 1.19 bits per heavy atom. The molecule has 1 saturated heterocycles. The molecule has 1 unspecified atom stereocenters. The smallest absolute Gasteiger partial charge is 0.352 e. The van der Waals surface area contributed by atoms with Crippen molar-refractivity contribution in [1.29, 1.82) is 0 Å². The summed E-state index contributed by atoms with van der Waals surface area (Å²) in [6, 6.07) is 6.85. The van der Waals surface area contributed by atoms with Gasteiger partial charge in [0.1, 0.15) is 5.83 Å². The van der Waals surface area contributed by atoms with Crippen LogP contribution in [0.25, 0.3) is 5.57 Å². The van der Waals surface area contributed by atoms with E-state index in [1.54, 1.807) is 11.0 Å². The number of benzene rings is 1. The molecule has 1 fully saturated rings. The molecule has 4 rings (SSSR count). The number of nitrogens with zero attached hydrogens (tertiary/aromatic N) is 5. The molecule has 0 bridgehead atoms. The lowest BCUT2D eigenvalue weighted by Gasteiger charge is -2.43. The van der Waals surface area contributed by atoms with Gasteiger partial charge in [0.2, 0.25) is 5.91 Å². The standard InChI is InChI=1S/C31H36ClFN6O3S/c1-7-20-13-12-14-21(8-2)29(20)39-30-22(17-23(32)28(35-30)27(24(33)9-3)25(34)10-4)31(36-43(39,41)42)38-16-15-37(18-19(38)6)26(40)11-5/h9-14,17,19H,4-5,7-8,15-16,18,34H2,1-3,6H3/b24-9+,27-25-. The maximum Gasteiger partial charge on any atom is 0.352 e. The number of rotatable bonds is 7. The average Bonchev–Trinajstić information content (AvgIpc) is 3.00. The molecule has 1 atom stereocenters. The Kier molecular flexibility index (Phi) is 9.46. The highest BCUT2D eigenvalue weighted by Gasteiger charge is 2.41. The summed E-state index contributed by atoms with van der Waals surface area (Å²) in [6.45, 7) is 15.4. The molecule has 3 heterocycles. The number of allylic oxidation sites excluding steroid dienone is 4. The second kappa shape index (κ2) is 12.7. The zero-order valence-electron chi connectivity index (χ0n) is 24.8. The topological polar surface area (TPSA) is 112 Å². The predicted molar refractivity (Wildman–Crippen MR) is 171 cm³/mol. The summed E-state index contributed by atoms with van der Waals surface area (Å²) in [7, 11) is -4.42. The number of carbonyl (C=O) groups excluding carboxylic acids is 1. The highest BCUT2D eigenvalue weighted by Crippen LogP contribution is 2.43. The van der Waals surface area contributed by atoms with Crippen molar-refractivity contribution in [3.8, 4) is 0 Å². The molecule has 0 radical (unpaired) electrons. The molecule has 2 aromatic rings. The molecule has 43 heavy (non-hydrogen) atoms. The van der Waals surface area contributed by atoms with Crippen LogP contribution < -0.4 is 10.0 Å². The molecule has 12 heteroatoms. The van der Waals surface area contributed by atoms with Crippen molar-refractivity contribution in [2.45, 2.75) is 46.6 Å². The molecule has 0 aliphatic carbocycles. The average molecular weight is 627 g/mol. The van der Waals surface area contributed by atoms with Crippen LogP contribution in [0.15, 0.2) is 71.6 Å². The van der Waals surface area contributed by atoms with Gasteiger partial charge in [-0.25, -0.2) is 13.7 Å². The summed E-state index contributed by atoms with van der Waals surface area (Å²) >= 11 is 6.78. The van der Waals surface area contributed by atoms with Gasteiger partial charge in [0.15, 0.2) is 11.7 Å². The van der Waals surface area contributed by atoms with Crippen molar-refractivity contribution in [1.82, 2.24) is 14.8 Å². The van der Waals surface area contributed by atoms with E-state index in [1.165, 1.54) is 25.2 Å². The van der Waals surface area contributed by atoms with Crippen LogP contribution in [0.4, 0.5) is 15.9 Å². The van der Waals surface area contributed by atoms with Gasteiger partial charge in [-0.3, -0.25) is 4.79 Å². The number of para-hydroxylation sites is 1. The normalized spacial score (nSPS) is 18.9. The monoisotopic (exact) mass is 626 g/mol. The first-order valence-corrected chi connectivity index (χ1v) is 15.8. The van der Waals surface area contributed by atoms with Crippen LogP contribution >= 0.6 is 11.6 Å². The molecule has 2 aliphatic heterocycles. The molecule has 1 aromatic heterocycles. The molecular formula is C31H36ClFN6O3S. The number of hydrogen-bond acceptors (Lipinski definition) is 6. The Balaban J connectivity index is 2.05. The number of aryl methyl sites for hydroxylation is 2. The Morgan fingerprint density at radius 3 is 2.37 bits per heavy atom. The zero-order valence-corrected chi connectivity index (χ0v) is 26.3. The number of piperazine rings is 1. The molecular weight excluding hydrogens is 591 g/mol. The first kappa shape index (κ1) is 32.0. The largest absolute Gasteiger partial charge is 0.398 e. The maximum absolute atomic E-state index is 15.3. The summed E-state index contributed by atoms with van der Waals surface area (Å²) in [5.41, 5.74) is 8.35. The third-order valence-corrected chi connectivity index (χ3v) is 9.12. The summed E-state index contributed by atoms with van der Waals surface area (Å²) in [6.07, 6.45) is 4.84. The molecule has 0 spiro atoms. The third-order valence-electron chi connectivity index (χ3n) is 7.61. The van der Waals surface area contributed by atoms with E-state index in [9.17, 15) is 13.2 Å². The molecule has 0 saturated carbocycles. The SMILES string of the molecule is C=CC(=O)N1CCN(C2=NS(=O)(=O)N(c3c(CC)cccc3CC)c3nc(C(/C(F)=C\C)=C(\N)C=C)c(Cl)cc32)C(C)C1. The van der Waals surface area contributed by atoms with Crippen LogP contribution in [-0.2, 0) is 27.8 Å². The van der Waals surface area contributed by atoms with Gasteiger partial charge in [-0.1, -0.05) is 62.9 Å². The maximum atomic E-state index is 15.3. The van der Waals surface area contributed by atoms with E-state index in [0.29, 0.717) is 43.7 Å². The van der Waals surface area contributed by atoms with Gasteiger partial charge in [0.05, 0.1) is 27.5 Å². The highest BCUT2D eigenvalue weighted by atomic mass is 35.5. The predicted octanol–water partition coefficient (Wildman–Crippen LogP) is 5.45. The van der Waals surface area contributed by atoms with Gasteiger partial charge in [-0.15, -0.1) is 4.40 Å². The van der Waals surface area contributed by atoms with E-state index in [0.717, 1.165) is 15.4 Å². The van der Waals surface area contributed by atoms with Crippen molar-refractivity contribution in [2.75, 3.05) is 23.9 Å². The van der Waals surface area contributed by atoms with Crippen LogP contribution in [0.2, 0.25) is 5.02 Å². The molecule has 2 aliphatic rings. The fourth-order valence-electron chi connectivity index (χ4n) is 5.42. The van der Waals surface area contributed by atoms with Crippen molar-refractivity contribution in [2.24, 2.45) is 10.1 Å². The summed E-state index contributed by atoms with van der Waals surface area (Å²) < 4.78 is 49.2. The van der Waals surface area contributed by atoms with Crippen LogP contribution in [0.1, 0.15) is 50.1 Å². The minimum absolute atomic E-state index is 0.0103. The number of pyridine rings is 1. The Hall–Kier alpha value is -3.96. The highest BCUT2D eigenvalue weighted by molar-refractivity contribution is 7.92. The number of amidine groups is 1. The van der Waals surface area contributed by atoms with Gasteiger partial charge in [-0.2, -0.15) is 8.42 Å². The lowest BCUT2D eigenvalue weighted by Crippen LogP contribution is -2.56. The number of aromatic nitrogens is 1. The number of anilines is 2. The Morgan fingerprint density at radius 2 is 1.84 bits per heavy atom. The molecule has 228 valence electrons. The fourth-order valence-corrected chi connectivity index (χ4v) is 6.99. The number of amides is 1. The first-order chi connectivity index (χ1) is 20.4. The lowest BCUT2D eigenvalue weighted by molar-refractivity contribution is -0.128. The first-order valence-electron chi connectivity index (χ1n) is 14.0. The number of fused-ring (bicyclic) bond motifs is 1. The fraction of sp³-hybridized carbons (Fsp3) is 0.323. The summed E-state index contributed by atoms with van der Waals surface area (Å²) in [4.78, 5) is 20.5. The minimum atomic E-state index is -4.42. The second-order valence-electron chi connectivity index (χ2n) is 10.2. The van der Waals surface area contributed by atoms with Gasteiger partial charge in [-0.05, 0) is 56.0 Å². The zero-order chi connectivity index (χ0) is 31.6. The number of nitrogens with two attached hydrogens (primary N) is 1. The van der Waals surface area contributed by atoms with Crippen LogP contribution in [-0.4, -0.2) is 60.6 Å². The van der Waals surface area contributed by atoms with Crippen LogP contribution in [0.5, 0.6) is 0 Å². The summed E-state index contributed by atoms with van der Waals surface area (Å²) in [5, 5.41) is 0.0510. The van der Waals surface area contributed by atoms with E-state index in [4.69, 9.17) is 22.3 Å². The Labute approximate surface area is 257 Å². The van der Waals surface area contributed by atoms with Crippen LogP contribution in [0, 0.1) is 0 Å². The van der Waals surface area contributed by atoms with E-state index < -0.39 is 16.0 Å². The molecule has 9 nitrogen and oxygen atoms in total. The van der Waals surface area contributed by atoms with Gasteiger partial charge in [0, 0.05) is 31.4 Å². The van der Waals surface area contributed by atoms with Crippen molar-refractivity contribution >= 4 is 50.6 Å². The van der Waals surface area contributed by atoms with Gasteiger partial charge >= 0.3 is 10.2 Å². The van der Waals surface area contributed by atoms with Gasteiger partial charge < -0.3 is 15.5 Å². The van der Waals surface area contributed by atoms with Crippen LogP contribution in [0.3, 0.4) is 0 Å². The quantitative estimate of drug-likeness (QED) is 0.323. The minimum Gasteiger partial charge on any atom is -0.398 e. The van der Waals surface area contributed by atoms with E-state index in [2.05, 4.69) is 17.6 Å². The molecule has 1 aromatic carbocycles. The molecule has 2 N–H and O–H groups in total. The number of halogens is 2. The van der Waals surface area contributed by atoms with E-state index >= 15 is 4.39 Å². The van der Waals surface area contributed by atoms with Crippen molar-refractivity contribution in [3.05, 3.63) is 94.6 Å². The number of hydrogen-bond donors (Lipinski definition) is 1. The van der Waals surface area contributed by atoms with E-state index in [1.807, 2.05) is 43.9 Å². The third kappa shape index (κ3) is 5.83. The van der Waals surface area contributed by atoms with E-state index in [-0.39, 0.29) is 45.6 Å². The second-order valence-corrected chi connectivity index (χ2v) is 12.0. The summed E-state index contributed by atoms with van der Waals surface area (Å²) in [5.74, 6) is -0.731. The van der Waals surface area contributed by atoms with Gasteiger partial charge in [0.25, 0.3) is 0 Å². The lowest BCUT2D eigenvalue weighted by atomic mass is 10.0. The number of carbonyl (C=O) groups is 1. The Bertz CT molecular complexity index is 1660. The van der Waals surface area contributed by atoms with Crippen molar-refractivity contribution in [3.63, 3.8) is 0 Å². The molecule has 1 amide bonds. The van der Waals surface area contributed by atoms with Crippen molar-refractivity contribution < 1.29 is 17.6 Å².